The Morgan fingerprint density at radius 1 is 1.00 bits per heavy atom. The van der Waals surface area contributed by atoms with Crippen LogP contribution in [0.2, 0.25) is 0 Å². The maximum atomic E-state index is 12.8. The van der Waals surface area contributed by atoms with Crippen LogP contribution >= 0.6 is 11.8 Å². The van der Waals surface area contributed by atoms with Gasteiger partial charge in [-0.25, -0.2) is 4.98 Å². The molecule has 5 aromatic rings. The number of rotatable bonds is 8. The lowest BCUT2D eigenvalue weighted by Gasteiger charge is -2.15. The number of thioether (sulfide) groups is 1. The summed E-state index contributed by atoms with van der Waals surface area (Å²) in [5, 5.41) is 12.8. The second kappa shape index (κ2) is 10.0. The van der Waals surface area contributed by atoms with Gasteiger partial charge in [0.1, 0.15) is 17.6 Å². The van der Waals surface area contributed by atoms with Gasteiger partial charge >= 0.3 is 0 Å². The Kier molecular flexibility index (Phi) is 6.50. The van der Waals surface area contributed by atoms with Crippen molar-refractivity contribution < 1.29 is 14.3 Å². The van der Waals surface area contributed by atoms with Crippen molar-refractivity contribution in [2.75, 3.05) is 12.9 Å². The van der Waals surface area contributed by atoms with E-state index < -0.39 is 11.9 Å². The Labute approximate surface area is 210 Å². The highest BCUT2D eigenvalue weighted by molar-refractivity contribution is 7.99. The first-order valence-corrected chi connectivity index (χ1v) is 12.1. The maximum Gasteiger partial charge on any atom is 0.244 e. The van der Waals surface area contributed by atoms with E-state index in [2.05, 4.69) is 15.5 Å². The van der Waals surface area contributed by atoms with Crippen LogP contribution in [0.5, 0.6) is 5.75 Å². The molecule has 1 atom stereocenters. The van der Waals surface area contributed by atoms with Crippen LogP contribution in [0.15, 0.2) is 84.0 Å². The molecule has 2 heterocycles. The third-order valence-corrected chi connectivity index (χ3v) is 6.55. The molecule has 0 aliphatic heterocycles. The van der Waals surface area contributed by atoms with Gasteiger partial charge in [-0.3, -0.25) is 14.0 Å². The van der Waals surface area contributed by atoms with Gasteiger partial charge in [0.2, 0.25) is 11.8 Å². The Hall–Kier alpha value is -4.44. The Balaban J connectivity index is 1.47. The number of ether oxygens (including phenoxy) is 1. The summed E-state index contributed by atoms with van der Waals surface area (Å²) in [5.74, 6) is 0.382. The summed E-state index contributed by atoms with van der Waals surface area (Å²) in [5.41, 5.74) is 8.41. The number of hydrogen-bond donors (Lipinski definition) is 2. The molecule has 180 valence electrons. The minimum atomic E-state index is -0.921. The molecule has 5 rings (SSSR count). The molecule has 2 amide bonds. The number of carbonyl (C=O) groups is 2. The molecule has 0 bridgehead atoms. The molecule has 0 aliphatic rings. The molecular weight excluding hydrogens is 476 g/mol. The van der Waals surface area contributed by atoms with E-state index in [0.29, 0.717) is 22.2 Å². The van der Waals surface area contributed by atoms with E-state index in [4.69, 9.17) is 15.5 Å². The van der Waals surface area contributed by atoms with E-state index in [1.807, 2.05) is 59.0 Å². The Morgan fingerprint density at radius 2 is 1.72 bits per heavy atom. The lowest BCUT2D eigenvalue weighted by molar-refractivity contribution is -0.126. The molecule has 3 aromatic carbocycles. The molecule has 0 spiro atoms. The van der Waals surface area contributed by atoms with Gasteiger partial charge in [0.05, 0.1) is 18.4 Å². The van der Waals surface area contributed by atoms with E-state index in [0.717, 1.165) is 22.2 Å². The number of nitrogens with zero attached hydrogens (tertiary/aromatic N) is 4. The fraction of sp³-hybridized carbons (Fsp3) is 0.115. The van der Waals surface area contributed by atoms with Gasteiger partial charge in [-0.05, 0) is 42.0 Å². The van der Waals surface area contributed by atoms with Crippen molar-refractivity contribution in [1.82, 2.24) is 24.9 Å². The van der Waals surface area contributed by atoms with Gasteiger partial charge < -0.3 is 15.8 Å². The average molecular weight is 499 g/mol. The normalized spacial score (nSPS) is 11.9. The third-order valence-electron chi connectivity index (χ3n) is 5.62. The lowest BCUT2D eigenvalue weighted by Crippen LogP contribution is -2.38. The molecular formula is C26H22N6O3S. The summed E-state index contributed by atoms with van der Waals surface area (Å²) in [6.07, 6.45) is 0. The number of carbonyl (C=O) groups excluding carboxylic acids is 2. The number of para-hydroxylation sites is 1. The molecule has 2 aromatic heterocycles. The Morgan fingerprint density at radius 3 is 2.44 bits per heavy atom. The summed E-state index contributed by atoms with van der Waals surface area (Å²) in [6.45, 7) is 0. The van der Waals surface area contributed by atoms with Crippen molar-refractivity contribution in [2.45, 2.75) is 11.2 Å². The standard InChI is InChI=1S/C26H22N6O3S/c1-35-18-13-11-17(12-14-18)24-28-20-10-6-5-9-19(20)25-30-31-26(32(24)25)36-15-21(33)29-22(23(27)34)16-7-3-2-4-8-16/h2-14,22H,15H2,1H3,(H2,27,34)(H,29,33)/t22-/m0/s1. The van der Waals surface area contributed by atoms with Gasteiger partial charge in [-0.1, -0.05) is 54.2 Å². The third kappa shape index (κ3) is 4.58. The number of hydrogen-bond acceptors (Lipinski definition) is 7. The van der Waals surface area contributed by atoms with Crippen molar-refractivity contribution in [3.63, 3.8) is 0 Å². The van der Waals surface area contributed by atoms with Gasteiger partial charge in [0.25, 0.3) is 0 Å². The van der Waals surface area contributed by atoms with Gasteiger partial charge in [0, 0.05) is 10.9 Å². The van der Waals surface area contributed by atoms with Crippen molar-refractivity contribution in [2.24, 2.45) is 5.73 Å². The number of fused-ring (bicyclic) bond motifs is 3. The molecule has 0 unspecified atom stereocenters. The number of methoxy groups -OCH3 is 1. The fourth-order valence-corrected chi connectivity index (χ4v) is 4.63. The monoisotopic (exact) mass is 498 g/mol. The molecule has 9 nitrogen and oxygen atoms in total. The zero-order valence-corrected chi connectivity index (χ0v) is 20.1. The highest BCUT2D eigenvalue weighted by Crippen LogP contribution is 2.30. The quantitative estimate of drug-likeness (QED) is 0.314. The van der Waals surface area contributed by atoms with Crippen LogP contribution in [0.3, 0.4) is 0 Å². The van der Waals surface area contributed by atoms with Crippen LogP contribution in [0, 0.1) is 0 Å². The first-order chi connectivity index (χ1) is 17.5. The minimum absolute atomic E-state index is 0.00624. The molecule has 0 saturated heterocycles. The van der Waals surface area contributed by atoms with E-state index in [1.165, 1.54) is 11.8 Å². The van der Waals surface area contributed by atoms with Crippen LogP contribution in [-0.4, -0.2) is 44.3 Å². The summed E-state index contributed by atoms with van der Waals surface area (Å²) >= 11 is 1.20. The number of amides is 2. The topological polar surface area (TPSA) is 124 Å². The number of nitrogens with one attached hydrogen (secondary N) is 1. The molecule has 0 fully saturated rings. The Bertz CT molecular complexity index is 1550. The number of aromatic nitrogens is 4. The minimum Gasteiger partial charge on any atom is -0.497 e. The summed E-state index contributed by atoms with van der Waals surface area (Å²) in [7, 11) is 1.61. The van der Waals surface area contributed by atoms with E-state index in [1.54, 1.807) is 31.4 Å². The van der Waals surface area contributed by atoms with Crippen LogP contribution in [0.25, 0.3) is 27.9 Å². The second-order valence-electron chi connectivity index (χ2n) is 7.92. The zero-order chi connectivity index (χ0) is 25.1. The van der Waals surface area contributed by atoms with Gasteiger partial charge in [-0.15, -0.1) is 10.2 Å². The smallest absolute Gasteiger partial charge is 0.244 e. The summed E-state index contributed by atoms with van der Waals surface area (Å²) in [6, 6.07) is 23.2. The SMILES string of the molecule is COc1ccc(-c2nc3ccccc3c3nnc(SCC(=O)N[C@H](C(N)=O)c4ccccc4)n23)cc1. The molecule has 3 N–H and O–H groups in total. The van der Waals surface area contributed by atoms with Crippen molar-refractivity contribution >= 4 is 40.1 Å². The largest absolute Gasteiger partial charge is 0.497 e. The zero-order valence-electron chi connectivity index (χ0n) is 19.3. The number of nitrogens with two attached hydrogens (primary N) is 1. The van der Waals surface area contributed by atoms with Crippen LogP contribution in [-0.2, 0) is 9.59 Å². The first-order valence-electron chi connectivity index (χ1n) is 11.1. The average Bonchev–Trinajstić information content (AvgIpc) is 3.35. The summed E-state index contributed by atoms with van der Waals surface area (Å²) < 4.78 is 7.12. The highest BCUT2D eigenvalue weighted by Gasteiger charge is 2.22. The molecule has 0 aliphatic carbocycles. The van der Waals surface area contributed by atoms with Crippen molar-refractivity contribution in [3.8, 4) is 17.1 Å². The molecule has 0 radical (unpaired) electrons. The van der Waals surface area contributed by atoms with E-state index in [-0.39, 0.29) is 11.7 Å². The van der Waals surface area contributed by atoms with E-state index in [9.17, 15) is 9.59 Å². The first kappa shape index (κ1) is 23.3. The molecule has 0 saturated carbocycles. The van der Waals surface area contributed by atoms with E-state index >= 15 is 0 Å². The number of benzene rings is 3. The van der Waals surface area contributed by atoms with Crippen molar-refractivity contribution in [1.29, 1.82) is 0 Å². The summed E-state index contributed by atoms with van der Waals surface area (Å²) in [4.78, 5) is 29.6. The van der Waals surface area contributed by atoms with Crippen molar-refractivity contribution in [3.05, 3.63) is 84.4 Å². The second-order valence-corrected chi connectivity index (χ2v) is 8.87. The highest BCUT2D eigenvalue weighted by atomic mass is 32.2. The fourth-order valence-electron chi connectivity index (χ4n) is 3.88. The van der Waals surface area contributed by atoms with Crippen LogP contribution in [0.4, 0.5) is 0 Å². The van der Waals surface area contributed by atoms with Gasteiger partial charge in [0.15, 0.2) is 10.8 Å². The molecule has 36 heavy (non-hydrogen) atoms. The van der Waals surface area contributed by atoms with Gasteiger partial charge in [-0.2, -0.15) is 0 Å². The van der Waals surface area contributed by atoms with Crippen LogP contribution < -0.4 is 15.8 Å². The predicted octanol–water partition coefficient (Wildman–Crippen LogP) is 3.39. The molecule has 10 heteroatoms. The number of primary amides is 1. The lowest BCUT2D eigenvalue weighted by atomic mass is 10.1. The van der Waals surface area contributed by atoms with Crippen LogP contribution in [0.1, 0.15) is 11.6 Å². The predicted molar refractivity (Wildman–Crippen MR) is 138 cm³/mol. The maximum absolute atomic E-state index is 12.8.